The smallest absolute Gasteiger partial charge is 0.191 e. The first kappa shape index (κ1) is 26.1. The molecule has 0 aliphatic carbocycles. The number of halogens is 1. The standard InChI is InChI=1S/C25H32N6O2.HI/c1-26-25(28-12-4-13-33-23-11-14-32-17-23)29-15-22-5-2-3-6-24(22)21-9-7-20(8-10-21)16-31-19-27-18-30-31;/h2-3,5-10,18-19,23H,4,11-17H2,1H3,(H2,26,28,29);1H. The second-order valence-corrected chi connectivity index (χ2v) is 8.01. The van der Waals surface area contributed by atoms with Crippen molar-refractivity contribution in [1.82, 2.24) is 25.4 Å². The second kappa shape index (κ2) is 14.0. The minimum absolute atomic E-state index is 0. The van der Waals surface area contributed by atoms with Gasteiger partial charge in [0.05, 0.1) is 19.3 Å². The second-order valence-electron chi connectivity index (χ2n) is 8.01. The van der Waals surface area contributed by atoms with Gasteiger partial charge in [-0.2, -0.15) is 5.10 Å². The van der Waals surface area contributed by atoms with E-state index in [0.29, 0.717) is 13.1 Å². The van der Waals surface area contributed by atoms with Crippen molar-refractivity contribution >= 4 is 29.9 Å². The van der Waals surface area contributed by atoms with Crippen LogP contribution < -0.4 is 10.6 Å². The summed E-state index contributed by atoms with van der Waals surface area (Å²) in [5.41, 5.74) is 4.80. The Morgan fingerprint density at radius 3 is 2.76 bits per heavy atom. The number of benzene rings is 2. The van der Waals surface area contributed by atoms with E-state index in [-0.39, 0.29) is 30.1 Å². The molecule has 1 fully saturated rings. The third kappa shape index (κ3) is 7.78. The number of nitrogens with zero attached hydrogens (tertiary/aromatic N) is 4. The lowest BCUT2D eigenvalue weighted by Gasteiger charge is -2.15. The zero-order chi connectivity index (χ0) is 22.7. The highest BCUT2D eigenvalue weighted by molar-refractivity contribution is 14.0. The minimum Gasteiger partial charge on any atom is -0.379 e. The van der Waals surface area contributed by atoms with Crippen LogP contribution in [0.15, 0.2) is 66.2 Å². The number of guanidine groups is 1. The summed E-state index contributed by atoms with van der Waals surface area (Å²) in [6.07, 6.45) is 5.47. The van der Waals surface area contributed by atoms with Gasteiger partial charge in [-0.05, 0) is 35.1 Å². The lowest BCUT2D eigenvalue weighted by atomic mass is 9.98. The molecular weight excluding hydrogens is 543 g/mol. The summed E-state index contributed by atoms with van der Waals surface area (Å²) < 4.78 is 13.0. The van der Waals surface area contributed by atoms with Crippen LogP contribution in [-0.4, -0.2) is 60.2 Å². The van der Waals surface area contributed by atoms with Gasteiger partial charge in [-0.1, -0.05) is 48.5 Å². The highest BCUT2D eigenvalue weighted by atomic mass is 127. The van der Waals surface area contributed by atoms with Crippen molar-refractivity contribution in [2.75, 3.05) is 33.4 Å². The molecule has 0 spiro atoms. The molecule has 1 aromatic heterocycles. The lowest BCUT2D eigenvalue weighted by Crippen LogP contribution is -2.37. The average Bonchev–Trinajstić information content (AvgIpc) is 3.56. The van der Waals surface area contributed by atoms with E-state index in [9.17, 15) is 0 Å². The zero-order valence-corrected chi connectivity index (χ0v) is 21.9. The fourth-order valence-electron chi connectivity index (χ4n) is 3.82. The molecule has 9 heteroatoms. The summed E-state index contributed by atoms with van der Waals surface area (Å²) >= 11 is 0. The van der Waals surface area contributed by atoms with Crippen LogP contribution in [0, 0.1) is 0 Å². The van der Waals surface area contributed by atoms with Gasteiger partial charge in [0.25, 0.3) is 0 Å². The Hall–Kier alpha value is -2.50. The van der Waals surface area contributed by atoms with Gasteiger partial charge in [-0.25, -0.2) is 9.67 Å². The Balaban J connectivity index is 0.00000324. The molecule has 2 aromatic carbocycles. The molecule has 2 heterocycles. The summed E-state index contributed by atoms with van der Waals surface area (Å²) in [5, 5.41) is 11.0. The van der Waals surface area contributed by atoms with E-state index < -0.39 is 0 Å². The van der Waals surface area contributed by atoms with Crippen molar-refractivity contribution in [2.24, 2.45) is 4.99 Å². The molecular formula is C25H33IN6O2. The number of rotatable bonds is 10. The van der Waals surface area contributed by atoms with Gasteiger partial charge in [-0.15, -0.1) is 24.0 Å². The van der Waals surface area contributed by atoms with Crippen LogP contribution in [0.3, 0.4) is 0 Å². The van der Waals surface area contributed by atoms with Crippen LogP contribution in [0.4, 0.5) is 0 Å². The number of hydrogen-bond acceptors (Lipinski definition) is 5. The van der Waals surface area contributed by atoms with E-state index in [4.69, 9.17) is 9.47 Å². The number of ether oxygens (including phenoxy) is 2. The van der Waals surface area contributed by atoms with Crippen LogP contribution in [0.5, 0.6) is 0 Å². The number of nitrogens with one attached hydrogen (secondary N) is 2. The summed E-state index contributed by atoms with van der Waals surface area (Å²) in [4.78, 5) is 8.35. The fraction of sp³-hybridized carbons (Fsp3) is 0.400. The summed E-state index contributed by atoms with van der Waals surface area (Å²) in [5.74, 6) is 0.789. The van der Waals surface area contributed by atoms with Gasteiger partial charge in [0.1, 0.15) is 12.7 Å². The van der Waals surface area contributed by atoms with Crippen LogP contribution in [0.2, 0.25) is 0 Å². The SMILES string of the molecule is CN=C(NCCCOC1CCOC1)NCc1ccccc1-c1ccc(Cn2cncn2)cc1.I. The number of aliphatic imine (C=N–C) groups is 1. The van der Waals surface area contributed by atoms with E-state index in [1.165, 1.54) is 22.3 Å². The van der Waals surface area contributed by atoms with Gasteiger partial charge >= 0.3 is 0 Å². The van der Waals surface area contributed by atoms with Crippen LogP contribution >= 0.6 is 24.0 Å². The molecule has 3 aromatic rings. The predicted octanol–water partition coefficient (Wildman–Crippen LogP) is 3.47. The maximum atomic E-state index is 5.82. The Morgan fingerprint density at radius 2 is 2.03 bits per heavy atom. The van der Waals surface area contributed by atoms with Gasteiger partial charge in [0.2, 0.25) is 0 Å². The molecule has 0 bridgehead atoms. The molecule has 0 radical (unpaired) electrons. The van der Waals surface area contributed by atoms with Crippen molar-refractivity contribution in [2.45, 2.75) is 32.0 Å². The molecule has 1 aliphatic heterocycles. The van der Waals surface area contributed by atoms with Gasteiger partial charge < -0.3 is 20.1 Å². The Bertz CT molecular complexity index is 1000. The Morgan fingerprint density at radius 1 is 1.18 bits per heavy atom. The zero-order valence-electron chi connectivity index (χ0n) is 19.5. The molecule has 34 heavy (non-hydrogen) atoms. The van der Waals surface area contributed by atoms with E-state index in [1.807, 2.05) is 4.68 Å². The Kier molecular flexibility index (Phi) is 10.8. The summed E-state index contributed by atoms with van der Waals surface area (Å²) in [6, 6.07) is 17.1. The maximum Gasteiger partial charge on any atom is 0.191 e. The first-order chi connectivity index (χ1) is 16.3. The van der Waals surface area contributed by atoms with E-state index in [1.54, 1.807) is 19.7 Å². The van der Waals surface area contributed by atoms with Crippen molar-refractivity contribution in [3.8, 4) is 11.1 Å². The lowest BCUT2D eigenvalue weighted by molar-refractivity contribution is 0.0420. The number of hydrogen-bond donors (Lipinski definition) is 2. The van der Waals surface area contributed by atoms with Gasteiger partial charge in [-0.3, -0.25) is 4.99 Å². The van der Waals surface area contributed by atoms with E-state index in [0.717, 1.165) is 45.2 Å². The molecule has 8 nitrogen and oxygen atoms in total. The third-order valence-electron chi connectivity index (χ3n) is 5.62. The molecule has 4 rings (SSSR count). The minimum atomic E-state index is 0. The summed E-state index contributed by atoms with van der Waals surface area (Å²) in [7, 11) is 1.79. The molecule has 0 saturated carbocycles. The first-order valence-corrected chi connectivity index (χ1v) is 11.5. The molecule has 1 aliphatic rings. The largest absolute Gasteiger partial charge is 0.379 e. The van der Waals surface area contributed by atoms with E-state index in [2.05, 4.69) is 74.2 Å². The first-order valence-electron chi connectivity index (χ1n) is 11.5. The highest BCUT2D eigenvalue weighted by Crippen LogP contribution is 2.24. The van der Waals surface area contributed by atoms with Gasteiger partial charge in [0.15, 0.2) is 5.96 Å². The normalized spacial score (nSPS) is 15.7. The fourth-order valence-corrected chi connectivity index (χ4v) is 3.82. The van der Waals surface area contributed by atoms with Crippen molar-refractivity contribution in [1.29, 1.82) is 0 Å². The van der Waals surface area contributed by atoms with E-state index >= 15 is 0 Å². The van der Waals surface area contributed by atoms with Crippen molar-refractivity contribution in [3.05, 3.63) is 72.3 Å². The quantitative estimate of drug-likeness (QED) is 0.167. The Labute approximate surface area is 218 Å². The monoisotopic (exact) mass is 576 g/mol. The molecule has 1 saturated heterocycles. The third-order valence-corrected chi connectivity index (χ3v) is 5.62. The average molecular weight is 576 g/mol. The number of aromatic nitrogens is 3. The van der Waals surface area contributed by atoms with Crippen LogP contribution in [-0.2, 0) is 22.6 Å². The van der Waals surface area contributed by atoms with Crippen molar-refractivity contribution in [3.63, 3.8) is 0 Å². The molecule has 182 valence electrons. The van der Waals surface area contributed by atoms with Crippen molar-refractivity contribution < 1.29 is 9.47 Å². The van der Waals surface area contributed by atoms with Crippen LogP contribution in [0.25, 0.3) is 11.1 Å². The van der Waals surface area contributed by atoms with Gasteiger partial charge in [0, 0.05) is 33.4 Å². The molecule has 0 amide bonds. The topological polar surface area (TPSA) is 85.6 Å². The summed E-state index contributed by atoms with van der Waals surface area (Å²) in [6.45, 7) is 4.47. The molecule has 1 atom stereocenters. The predicted molar refractivity (Wildman–Crippen MR) is 144 cm³/mol. The molecule has 1 unspecified atom stereocenters. The molecule has 2 N–H and O–H groups in total. The van der Waals surface area contributed by atoms with Crippen LogP contribution in [0.1, 0.15) is 24.0 Å². The highest BCUT2D eigenvalue weighted by Gasteiger charge is 2.15. The maximum absolute atomic E-state index is 5.82.